The molecule has 0 atom stereocenters. The molecule has 0 bridgehead atoms. The molecular formula is C18H23N3O5S. The second-order valence-corrected chi connectivity index (χ2v) is 7.94. The van der Waals surface area contributed by atoms with Gasteiger partial charge in [0, 0.05) is 31.9 Å². The number of aromatic nitrogens is 1. The highest BCUT2D eigenvalue weighted by Gasteiger charge is 2.21. The highest BCUT2D eigenvalue weighted by molar-refractivity contribution is 7.89. The fourth-order valence-corrected chi connectivity index (χ4v) is 3.56. The van der Waals surface area contributed by atoms with Crippen LogP contribution in [0.4, 0.5) is 5.69 Å². The third-order valence-electron chi connectivity index (χ3n) is 4.00. The molecule has 8 nitrogen and oxygen atoms in total. The van der Waals surface area contributed by atoms with E-state index < -0.39 is 16.0 Å². The molecule has 0 saturated heterocycles. The predicted octanol–water partition coefficient (Wildman–Crippen LogP) is 1.74. The van der Waals surface area contributed by atoms with Gasteiger partial charge in [0.05, 0.1) is 7.11 Å². The number of carbonyl (C=O) groups is 2. The van der Waals surface area contributed by atoms with E-state index in [0.717, 1.165) is 11.1 Å². The van der Waals surface area contributed by atoms with E-state index in [4.69, 9.17) is 0 Å². The number of benzene rings is 1. The molecule has 1 amide bonds. The predicted molar refractivity (Wildman–Crippen MR) is 101 cm³/mol. The number of nitrogens with zero attached hydrogens (tertiary/aromatic N) is 1. The van der Waals surface area contributed by atoms with Gasteiger partial charge in [-0.3, -0.25) is 4.79 Å². The number of amides is 1. The summed E-state index contributed by atoms with van der Waals surface area (Å²) >= 11 is 0. The van der Waals surface area contributed by atoms with Gasteiger partial charge >= 0.3 is 5.97 Å². The summed E-state index contributed by atoms with van der Waals surface area (Å²) in [5, 5.41) is 2.77. The van der Waals surface area contributed by atoms with Crippen molar-refractivity contribution in [2.45, 2.75) is 25.2 Å². The van der Waals surface area contributed by atoms with E-state index in [1.807, 2.05) is 32.0 Å². The van der Waals surface area contributed by atoms with Crippen molar-refractivity contribution in [2.24, 2.45) is 7.05 Å². The van der Waals surface area contributed by atoms with Crippen LogP contribution in [0.3, 0.4) is 0 Å². The normalized spacial score (nSPS) is 11.3. The van der Waals surface area contributed by atoms with Crippen LogP contribution in [-0.4, -0.2) is 38.5 Å². The van der Waals surface area contributed by atoms with Crippen LogP contribution in [0.15, 0.2) is 35.4 Å². The highest BCUT2D eigenvalue weighted by Crippen LogP contribution is 2.17. The standard InChI is InChI=1S/C18H23N3O5S/c1-12-5-6-13(2)15(9-12)20-17(22)7-8-19-27(24,25)14-10-16(18(23)26-4)21(3)11-14/h5-6,9-11,19H,7-8H2,1-4H3,(H,20,22). The molecule has 1 heterocycles. The summed E-state index contributed by atoms with van der Waals surface area (Å²) in [7, 11) is -1.08. The molecule has 0 radical (unpaired) electrons. The van der Waals surface area contributed by atoms with E-state index in [0.29, 0.717) is 5.69 Å². The maximum Gasteiger partial charge on any atom is 0.354 e. The molecule has 0 saturated carbocycles. The van der Waals surface area contributed by atoms with Crippen LogP contribution < -0.4 is 10.0 Å². The van der Waals surface area contributed by atoms with Crippen molar-refractivity contribution in [2.75, 3.05) is 19.0 Å². The monoisotopic (exact) mass is 393 g/mol. The molecule has 1 aromatic carbocycles. The number of carbonyl (C=O) groups excluding carboxylic acids is 2. The van der Waals surface area contributed by atoms with Crippen LogP contribution in [0.1, 0.15) is 28.0 Å². The number of hydrogen-bond acceptors (Lipinski definition) is 5. The summed E-state index contributed by atoms with van der Waals surface area (Å²) in [5.41, 5.74) is 2.76. The minimum atomic E-state index is -3.85. The maximum atomic E-state index is 12.3. The molecule has 146 valence electrons. The summed E-state index contributed by atoms with van der Waals surface area (Å²) in [6, 6.07) is 6.93. The summed E-state index contributed by atoms with van der Waals surface area (Å²) in [4.78, 5) is 23.6. The fraction of sp³-hybridized carbons (Fsp3) is 0.333. The van der Waals surface area contributed by atoms with Crippen molar-refractivity contribution < 1.29 is 22.7 Å². The first-order valence-electron chi connectivity index (χ1n) is 8.25. The SMILES string of the molecule is COC(=O)c1cc(S(=O)(=O)NCCC(=O)Nc2cc(C)ccc2C)cn1C. The molecule has 0 fully saturated rings. The van der Waals surface area contributed by atoms with Crippen molar-refractivity contribution in [1.29, 1.82) is 0 Å². The first-order valence-corrected chi connectivity index (χ1v) is 9.74. The Labute approximate surface area is 158 Å². The number of ether oxygens (including phenoxy) is 1. The Bertz CT molecular complexity index is 963. The number of nitrogens with one attached hydrogen (secondary N) is 2. The van der Waals surface area contributed by atoms with Crippen LogP contribution in [0, 0.1) is 13.8 Å². The van der Waals surface area contributed by atoms with E-state index in [1.165, 1.54) is 23.9 Å². The lowest BCUT2D eigenvalue weighted by molar-refractivity contribution is -0.116. The topological polar surface area (TPSA) is 106 Å². The molecular weight excluding hydrogens is 370 g/mol. The minimum Gasteiger partial charge on any atom is -0.464 e. The Morgan fingerprint density at radius 1 is 1.19 bits per heavy atom. The van der Waals surface area contributed by atoms with Crippen molar-refractivity contribution in [3.8, 4) is 0 Å². The lowest BCUT2D eigenvalue weighted by atomic mass is 10.1. The molecule has 0 unspecified atom stereocenters. The lowest BCUT2D eigenvalue weighted by Crippen LogP contribution is -2.27. The molecule has 0 spiro atoms. The lowest BCUT2D eigenvalue weighted by Gasteiger charge is -2.10. The van der Waals surface area contributed by atoms with E-state index in [1.54, 1.807) is 7.05 Å². The van der Waals surface area contributed by atoms with Gasteiger partial charge in [0.25, 0.3) is 0 Å². The van der Waals surface area contributed by atoms with Crippen LogP contribution in [-0.2, 0) is 26.6 Å². The van der Waals surface area contributed by atoms with Crippen LogP contribution in [0.5, 0.6) is 0 Å². The van der Waals surface area contributed by atoms with Crippen molar-refractivity contribution >= 4 is 27.6 Å². The van der Waals surface area contributed by atoms with Gasteiger partial charge in [0.2, 0.25) is 15.9 Å². The molecule has 0 aliphatic carbocycles. The molecule has 2 rings (SSSR count). The van der Waals surface area contributed by atoms with Gasteiger partial charge in [0.15, 0.2) is 0 Å². The Morgan fingerprint density at radius 3 is 2.56 bits per heavy atom. The van der Waals surface area contributed by atoms with Gasteiger partial charge in [-0.15, -0.1) is 0 Å². The zero-order valence-corrected chi connectivity index (χ0v) is 16.5. The summed E-state index contributed by atoms with van der Waals surface area (Å²) in [5.74, 6) is -0.929. The summed E-state index contributed by atoms with van der Waals surface area (Å²) < 4.78 is 33.0. The fourth-order valence-electron chi connectivity index (χ4n) is 2.45. The quantitative estimate of drug-likeness (QED) is 0.697. The molecule has 9 heteroatoms. The first kappa shape index (κ1) is 20.7. The van der Waals surface area contributed by atoms with Gasteiger partial charge in [-0.25, -0.2) is 17.9 Å². The number of aryl methyl sites for hydroxylation is 3. The number of sulfonamides is 1. The molecule has 2 N–H and O–H groups in total. The number of hydrogen-bond donors (Lipinski definition) is 2. The highest BCUT2D eigenvalue weighted by atomic mass is 32.2. The molecule has 0 aliphatic heterocycles. The van der Waals surface area contributed by atoms with Crippen molar-refractivity contribution in [1.82, 2.24) is 9.29 Å². The smallest absolute Gasteiger partial charge is 0.354 e. The minimum absolute atomic E-state index is 0.0245. The molecule has 1 aromatic heterocycles. The van der Waals surface area contributed by atoms with Crippen LogP contribution in [0.25, 0.3) is 0 Å². The third-order valence-corrected chi connectivity index (χ3v) is 5.42. The van der Waals surface area contributed by atoms with E-state index in [-0.39, 0.29) is 29.5 Å². The second-order valence-electron chi connectivity index (χ2n) is 6.18. The summed E-state index contributed by atoms with van der Waals surface area (Å²) in [6.45, 7) is 3.74. The van der Waals surface area contributed by atoms with Gasteiger partial charge in [-0.05, 0) is 37.1 Å². The Kier molecular flexibility index (Phi) is 6.40. The Hall–Kier alpha value is -2.65. The Morgan fingerprint density at radius 2 is 1.89 bits per heavy atom. The largest absolute Gasteiger partial charge is 0.464 e. The van der Waals surface area contributed by atoms with E-state index >= 15 is 0 Å². The van der Waals surface area contributed by atoms with Crippen LogP contribution >= 0.6 is 0 Å². The molecule has 27 heavy (non-hydrogen) atoms. The van der Waals surface area contributed by atoms with Gasteiger partial charge in [-0.2, -0.15) is 0 Å². The average Bonchev–Trinajstić information content (AvgIpc) is 3.00. The Balaban J connectivity index is 1.96. The molecule has 2 aromatic rings. The van der Waals surface area contributed by atoms with Crippen molar-refractivity contribution in [3.63, 3.8) is 0 Å². The van der Waals surface area contributed by atoms with Crippen molar-refractivity contribution in [3.05, 3.63) is 47.3 Å². The van der Waals surface area contributed by atoms with E-state index in [9.17, 15) is 18.0 Å². The zero-order chi connectivity index (χ0) is 20.2. The molecule has 0 aliphatic rings. The average molecular weight is 393 g/mol. The number of esters is 1. The van der Waals surface area contributed by atoms with Gasteiger partial charge in [-0.1, -0.05) is 12.1 Å². The number of rotatable bonds is 7. The number of methoxy groups -OCH3 is 1. The third kappa shape index (κ3) is 5.18. The second kappa shape index (κ2) is 8.36. The first-order chi connectivity index (χ1) is 12.6. The zero-order valence-electron chi connectivity index (χ0n) is 15.7. The van der Waals surface area contributed by atoms with E-state index in [2.05, 4.69) is 14.8 Å². The van der Waals surface area contributed by atoms with Crippen LogP contribution in [0.2, 0.25) is 0 Å². The number of anilines is 1. The van der Waals surface area contributed by atoms with Gasteiger partial charge < -0.3 is 14.6 Å². The summed E-state index contributed by atoms with van der Waals surface area (Å²) in [6.07, 6.45) is 1.29. The maximum absolute atomic E-state index is 12.3. The van der Waals surface area contributed by atoms with Gasteiger partial charge in [0.1, 0.15) is 10.6 Å².